The molecule has 38 heavy (non-hydrogen) atoms. The molecule has 0 bridgehead atoms. The predicted molar refractivity (Wildman–Crippen MR) is 86.1 cm³/mol. The average molecular weight is 632 g/mol. The number of phosphoric ester groups is 1. The number of alkyl halides is 18. The second-order valence-electron chi connectivity index (χ2n) is 8.25. The first kappa shape index (κ1) is 36.8. The quantitative estimate of drug-likeness (QED) is 0.189. The van der Waals surface area contributed by atoms with Crippen molar-refractivity contribution in [3.63, 3.8) is 0 Å². The summed E-state index contributed by atoms with van der Waals surface area (Å²) >= 11 is 0. The Morgan fingerprint density at radius 2 is 0.526 bits per heavy atom. The SMILES string of the molecule is CC(COP(=O)(OCC(C)(C(F)(F)F)C(F)(F)F)OCC(C)(C(F)(F)F)C(F)(F)F)(C(F)(F)F)C(F)(F)F. The fourth-order valence-corrected chi connectivity index (χ4v) is 3.18. The van der Waals surface area contributed by atoms with Crippen molar-refractivity contribution in [3.05, 3.63) is 0 Å². The third kappa shape index (κ3) is 7.32. The first-order chi connectivity index (χ1) is 16.1. The van der Waals surface area contributed by atoms with Gasteiger partial charge < -0.3 is 0 Å². The molecule has 0 heterocycles. The molecule has 0 aliphatic carbocycles. The van der Waals surface area contributed by atoms with Crippen molar-refractivity contribution in [3.8, 4) is 0 Å². The van der Waals surface area contributed by atoms with Gasteiger partial charge in [-0.1, -0.05) is 0 Å². The Morgan fingerprint density at radius 1 is 0.395 bits per heavy atom. The lowest BCUT2D eigenvalue weighted by Crippen LogP contribution is -2.52. The minimum Gasteiger partial charge on any atom is -0.286 e. The monoisotopic (exact) mass is 632 g/mol. The molecule has 0 saturated carbocycles. The van der Waals surface area contributed by atoms with Crippen LogP contribution in [-0.2, 0) is 18.1 Å². The smallest absolute Gasteiger partial charge is 0.286 e. The Labute approximate surface area is 200 Å². The van der Waals surface area contributed by atoms with E-state index >= 15 is 0 Å². The van der Waals surface area contributed by atoms with E-state index in [0.29, 0.717) is 0 Å². The molecule has 0 rings (SSSR count). The molecule has 0 saturated heterocycles. The second kappa shape index (κ2) is 10.4. The molecule has 0 atom stereocenters. The first-order valence-electron chi connectivity index (χ1n) is 9.06. The molecule has 0 radical (unpaired) electrons. The van der Waals surface area contributed by atoms with Crippen LogP contribution in [0, 0.1) is 16.2 Å². The summed E-state index contributed by atoms with van der Waals surface area (Å²) in [4.78, 5) is 0. The fraction of sp³-hybridized carbons (Fsp3) is 1.00. The molecular weight excluding hydrogens is 617 g/mol. The Hall–Kier alpha value is -1.15. The molecule has 0 unspecified atom stereocenters. The van der Waals surface area contributed by atoms with Crippen molar-refractivity contribution in [1.82, 2.24) is 0 Å². The number of hydrogen-bond acceptors (Lipinski definition) is 4. The van der Waals surface area contributed by atoms with Gasteiger partial charge in [0.1, 0.15) is 0 Å². The topological polar surface area (TPSA) is 44.8 Å². The van der Waals surface area contributed by atoms with Gasteiger partial charge >= 0.3 is 44.9 Å². The van der Waals surface area contributed by atoms with Crippen LogP contribution in [-0.4, -0.2) is 56.9 Å². The van der Waals surface area contributed by atoms with Crippen molar-refractivity contribution in [2.24, 2.45) is 16.2 Å². The van der Waals surface area contributed by atoms with Crippen LogP contribution in [0.5, 0.6) is 0 Å². The van der Waals surface area contributed by atoms with Crippen molar-refractivity contribution in [1.29, 1.82) is 0 Å². The van der Waals surface area contributed by atoms with Crippen LogP contribution in [0.25, 0.3) is 0 Å². The van der Waals surface area contributed by atoms with Gasteiger partial charge in [0.05, 0.1) is 19.8 Å². The molecule has 23 heteroatoms. The van der Waals surface area contributed by atoms with Crippen LogP contribution in [0.1, 0.15) is 20.8 Å². The van der Waals surface area contributed by atoms with Crippen molar-refractivity contribution in [2.75, 3.05) is 19.8 Å². The molecule has 0 spiro atoms. The summed E-state index contributed by atoms with van der Waals surface area (Å²) in [6.45, 7) is -11.5. The Bertz CT molecular complexity index is 695. The maximum absolute atomic E-state index is 13.0. The highest BCUT2D eigenvalue weighted by atomic mass is 31.2. The lowest BCUT2D eigenvalue weighted by Gasteiger charge is -2.37. The van der Waals surface area contributed by atoms with Gasteiger partial charge in [-0.05, 0) is 20.8 Å². The van der Waals surface area contributed by atoms with Crippen LogP contribution in [0.15, 0.2) is 0 Å². The van der Waals surface area contributed by atoms with E-state index in [-0.39, 0.29) is 0 Å². The van der Waals surface area contributed by atoms with E-state index in [1.54, 1.807) is 0 Å². The zero-order valence-electron chi connectivity index (χ0n) is 18.5. The standard InChI is InChI=1S/C15H15F18O4P/c1-7(10(16,17)18,11(19,20)21)4-35-38(34,36-5-8(2,12(22,23)24)13(25,26)27)37-6-9(3,14(28,29)30)15(31,32)33/h4-6H2,1-3H3. The van der Waals surface area contributed by atoms with E-state index in [0.717, 1.165) is 0 Å². The van der Waals surface area contributed by atoms with E-state index in [1.165, 1.54) is 0 Å². The van der Waals surface area contributed by atoms with E-state index < -0.39 is 102 Å². The van der Waals surface area contributed by atoms with Gasteiger partial charge in [0, 0.05) is 0 Å². The highest BCUT2D eigenvalue weighted by Gasteiger charge is 2.71. The molecule has 0 N–H and O–H groups in total. The highest BCUT2D eigenvalue weighted by Crippen LogP contribution is 2.61. The summed E-state index contributed by atoms with van der Waals surface area (Å²) in [6.07, 6.45) is -38.6. The molecule has 230 valence electrons. The molecule has 0 aliphatic heterocycles. The molecule has 0 aliphatic rings. The van der Waals surface area contributed by atoms with Gasteiger partial charge in [-0.15, -0.1) is 0 Å². The van der Waals surface area contributed by atoms with Crippen LogP contribution < -0.4 is 0 Å². The molecular formula is C15H15F18O4P. The van der Waals surface area contributed by atoms with Gasteiger partial charge in [0.15, 0.2) is 16.2 Å². The largest absolute Gasteiger partial charge is 0.474 e. The van der Waals surface area contributed by atoms with Crippen molar-refractivity contribution in [2.45, 2.75) is 57.8 Å². The molecule has 0 amide bonds. The number of hydrogen-bond donors (Lipinski definition) is 0. The van der Waals surface area contributed by atoms with Crippen molar-refractivity contribution >= 4 is 7.82 Å². The summed E-state index contributed by atoms with van der Waals surface area (Å²) in [7, 11) is -6.93. The Balaban J connectivity index is 6.63. The third-order valence-corrected chi connectivity index (χ3v) is 6.62. The van der Waals surface area contributed by atoms with E-state index in [2.05, 4.69) is 13.6 Å². The number of phosphoric acid groups is 1. The number of rotatable bonds is 9. The number of halogens is 18. The molecule has 0 aromatic carbocycles. The Kier molecular flexibility index (Phi) is 10.0. The predicted octanol–water partition coefficient (Wildman–Crippen LogP) is 8.54. The zero-order chi connectivity index (χ0) is 31.2. The van der Waals surface area contributed by atoms with E-state index in [9.17, 15) is 83.6 Å². The molecule has 0 fully saturated rings. The summed E-state index contributed by atoms with van der Waals surface area (Å²) in [6, 6.07) is 0. The minimum absolute atomic E-state index is 0.748. The average Bonchev–Trinajstić information content (AvgIpc) is 2.63. The molecule has 0 aromatic rings. The summed E-state index contributed by atoms with van der Waals surface area (Å²) in [5.41, 5.74) is -15.5. The molecule has 4 nitrogen and oxygen atoms in total. The maximum atomic E-state index is 13.0. The highest BCUT2D eigenvalue weighted by molar-refractivity contribution is 7.48. The van der Waals surface area contributed by atoms with Gasteiger partial charge in [-0.2, -0.15) is 79.0 Å². The summed E-state index contributed by atoms with van der Waals surface area (Å²) in [5.74, 6) is 0. The lowest BCUT2D eigenvalue weighted by atomic mass is 9.90. The third-order valence-electron chi connectivity index (χ3n) is 5.29. The van der Waals surface area contributed by atoms with Gasteiger partial charge in [0.2, 0.25) is 0 Å². The zero-order valence-corrected chi connectivity index (χ0v) is 19.4. The summed E-state index contributed by atoms with van der Waals surface area (Å²) < 4.78 is 257. The van der Waals surface area contributed by atoms with Gasteiger partial charge in [-0.3, -0.25) is 13.6 Å². The van der Waals surface area contributed by atoms with Crippen LogP contribution in [0.4, 0.5) is 79.0 Å². The Morgan fingerprint density at radius 3 is 0.632 bits per heavy atom. The van der Waals surface area contributed by atoms with Crippen molar-refractivity contribution < 1.29 is 97.2 Å². The lowest BCUT2D eigenvalue weighted by molar-refractivity contribution is -0.345. The van der Waals surface area contributed by atoms with E-state index in [4.69, 9.17) is 0 Å². The van der Waals surface area contributed by atoms with E-state index in [1.807, 2.05) is 0 Å². The maximum Gasteiger partial charge on any atom is 0.474 e. The normalized spacial score (nSPS) is 16.2. The van der Waals surface area contributed by atoms with Crippen LogP contribution in [0.2, 0.25) is 0 Å². The second-order valence-corrected chi connectivity index (χ2v) is 9.92. The minimum atomic E-state index is -6.93. The molecule has 0 aromatic heterocycles. The van der Waals surface area contributed by atoms with Gasteiger partial charge in [0.25, 0.3) is 0 Å². The fourth-order valence-electron chi connectivity index (χ4n) is 1.71. The van der Waals surface area contributed by atoms with Crippen LogP contribution >= 0.6 is 7.82 Å². The van der Waals surface area contributed by atoms with Crippen LogP contribution in [0.3, 0.4) is 0 Å². The summed E-state index contributed by atoms with van der Waals surface area (Å²) in [5, 5.41) is 0. The van der Waals surface area contributed by atoms with Gasteiger partial charge in [-0.25, -0.2) is 4.57 Å². The first-order valence-corrected chi connectivity index (χ1v) is 10.5.